The smallest absolute Gasteiger partial charge is 0.302 e. The molecule has 2 rings (SSSR count). The third kappa shape index (κ3) is 7.28. The zero-order valence-electron chi connectivity index (χ0n) is 18.3. The van der Waals surface area contributed by atoms with E-state index in [2.05, 4.69) is 0 Å². The molecular weight excluding hydrogens is 452 g/mol. The van der Waals surface area contributed by atoms with Gasteiger partial charge < -0.3 is 54.0 Å². The summed E-state index contributed by atoms with van der Waals surface area (Å²) in [6.45, 7) is 2.08. The highest BCUT2D eigenvalue weighted by atomic mass is 16.7. The van der Waals surface area contributed by atoms with Crippen LogP contribution in [-0.4, -0.2) is 124 Å². The molecule has 0 spiro atoms. The Labute approximate surface area is 188 Å². The summed E-state index contributed by atoms with van der Waals surface area (Å²) in [5.41, 5.74) is 0. The van der Waals surface area contributed by atoms with Crippen molar-refractivity contribution in [1.29, 1.82) is 0 Å². The van der Waals surface area contributed by atoms with Gasteiger partial charge in [0.05, 0.1) is 0 Å². The lowest BCUT2D eigenvalue weighted by Gasteiger charge is -2.46. The molecule has 0 aromatic carbocycles. The zero-order chi connectivity index (χ0) is 24.9. The number of aliphatic hydroxyl groups is 5. The molecule has 2 aliphatic heterocycles. The van der Waals surface area contributed by atoms with Crippen LogP contribution in [0.5, 0.6) is 0 Å². The van der Waals surface area contributed by atoms with Gasteiger partial charge in [0.25, 0.3) is 0 Å². The monoisotopic (exact) mass is 482 g/mol. The zero-order valence-corrected chi connectivity index (χ0v) is 18.3. The summed E-state index contributed by atoms with van der Waals surface area (Å²) in [6, 6.07) is 0. The Balaban J connectivity index is 2.18. The third-order valence-corrected chi connectivity index (χ3v) is 5.10. The van der Waals surface area contributed by atoms with Gasteiger partial charge in [-0.3, -0.25) is 14.4 Å². The van der Waals surface area contributed by atoms with Gasteiger partial charge in [-0.25, -0.2) is 0 Å². The average molecular weight is 482 g/mol. The molecule has 0 radical (unpaired) electrons. The van der Waals surface area contributed by atoms with Crippen LogP contribution in [0.2, 0.25) is 0 Å². The molecule has 2 fully saturated rings. The van der Waals surface area contributed by atoms with Crippen LogP contribution in [0, 0.1) is 0 Å². The summed E-state index contributed by atoms with van der Waals surface area (Å²) in [6.07, 6.45) is -15.3. The molecule has 33 heavy (non-hydrogen) atoms. The average Bonchev–Trinajstić information content (AvgIpc) is 2.74. The summed E-state index contributed by atoms with van der Waals surface area (Å²) in [5.74, 6) is -2.01. The highest BCUT2D eigenvalue weighted by Crippen LogP contribution is 2.29. The van der Waals surface area contributed by atoms with Crippen LogP contribution in [0.3, 0.4) is 0 Å². The van der Waals surface area contributed by atoms with E-state index in [4.69, 9.17) is 28.4 Å². The molecular formula is C19H30O14. The van der Waals surface area contributed by atoms with Gasteiger partial charge in [-0.15, -0.1) is 0 Å². The lowest BCUT2D eigenvalue weighted by atomic mass is 9.94. The van der Waals surface area contributed by atoms with Crippen molar-refractivity contribution in [2.24, 2.45) is 0 Å². The van der Waals surface area contributed by atoms with E-state index in [9.17, 15) is 39.9 Å². The van der Waals surface area contributed by atoms with E-state index in [0.717, 1.165) is 20.8 Å². The van der Waals surface area contributed by atoms with Crippen molar-refractivity contribution in [3.05, 3.63) is 0 Å². The topological polar surface area (TPSA) is 208 Å². The van der Waals surface area contributed by atoms with Gasteiger partial charge in [0.15, 0.2) is 6.29 Å². The minimum atomic E-state index is -1.80. The van der Waals surface area contributed by atoms with Crippen molar-refractivity contribution in [2.45, 2.75) is 82.0 Å². The first-order valence-corrected chi connectivity index (χ1v) is 10.2. The summed E-state index contributed by atoms with van der Waals surface area (Å²) in [4.78, 5) is 33.4. The highest BCUT2D eigenvalue weighted by Gasteiger charge is 2.51. The number of esters is 3. The highest BCUT2D eigenvalue weighted by molar-refractivity contribution is 5.66. The molecule has 190 valence electrons. The fraction of sp³-hybridized carbons (Fsp3) is 0.842. The lowest BCUT2D eigenvalue weighted by molar-refractivity contribution is -0.343. The van der Waals surface area contributed by atoms with Crippen molar-refractivity contribution >= 4 is 17.9 Å². The predicted octanol–water partition coefficient (Wildman–Crippen LogP) is -3.64. The van der Waals surface area contributed by atoms with Crippen LogP contribution in [0.15, 0.2) is 0 Å². The first-order chi connectivity index (χ1) is 15.4. The van der Waals surface area contributed by atoms with Gasteiger partial charge in [-0.1, -0.05) is 0 Å². The van der Waals surface area contributed by atoms with E-state index in [1.165, 1.54) is 0 Å². The summed E-state index contributed by atoms with van der Waals surface area (Å²) >= 11 is 0. The summed E-state index contributed by atoms with van der Waals surface area (Å²) in [7, 11) is 0. The second-order valence-electron chi connectivity index (χ2n) is 7.72. The number of hydrogen-bond acceptors (Lipinski definition) is 14. The van der Waals surface area contributed by atoms with Crippen molar-refractivity contribution in [1.82, 2.24) is 0 Å². The van der Waals surface area contributed by atoms with Crippen molar-refractivity contribution in [2.75, 3.05) is 19.8 Å². The standard InChI is InChI=1S/C19H30O14/c1-7(20)28-4-10-14(24)16(26)18(12(31-10)6-30-9(3)22)33-19-17(27)15(25)13(23)11(32-19)5-29-8(2)21/h10-19,23-27H,4-6H2,1-3H3/t10-,11?,12?,13+,14?,15?,16?,17?,18+,19-/m0/s1. The first kappa shape index (κ1) is 27.3. The quantitative estimate of drug-likeness (QED) is 0.167. The predicted molar refractivity (Wildman–Crippen MR) is 102 cm³/mol. The van der Waals surface area contributed by atoms with Crippen LogP contribution in [0.1, 0.15) is 20.8 Å². The maximum atomic E-state index is 11.3. The normalized spacial score (nSPS) is 38.9. The van der Waals surface area contributed by atoms with E-state index in [-0.39, 0.29) is 0 Å². The fourth-order valence-electron chi connectivity index (χ4n) is 3.38. The Morgan fingerprint density at radius 1 is 0.606 bits per heavy atom. The second kappa shape index (κ2) is 12.0. The van der Waals surface area contributed by atoms with Gasteiger partial charge in [0.2, 0.25) is 0 Å². The molecule has 2 aliphatic rings. The maximum Gasteiger partial charge on any atom is 0.302 e. The van der Waals surface area contributed by atoms with Gasteiger partial charge in [0, 0.05) is 20.8 Å². The van der Waals surface area contributed by atoms with E-state index in [1.54, 1.807) is 0 Å². The van der Waals surface area contributed by atoms with E-state index in [0.29, 0.717) is 0 Å². The Morgan fingerprint density at radius 3 is 1.52 bits per heavy atom. The fourth-order valence-corrected chi connectivity index (χ4v) is 3.38. The molecule has 14 nitrogen and oxygen atoms in total. The van der Waals surface area contributed by atoms with Crippen LogP contribution < -0.4 is 0 Å². The van der Waals surface area contributed by atoms with Crippen LogP contribution in [0.4, 0.5) is 0 Å². The summed E-state index contributed by atoms with van der Waals surface area (Å²) in [5, 5.41) is 51.5. The number of carbonyl (C=O) groups is 3. The molecule has 0 bridgehead atoms. The molecule has 6 unspecified atom stereocenters. The molecule has 2 saturated heterocycles. The van der Waals surface area contributed by atoms with E-state index < -0.39 is 99.0 Å². The van der Waals surface area contributed by atoms with Crippen molar-refractivity contribution in [3.8, 4) is 0 Å². The third-order valence-electron chi connectivity index (χ3n) is 5.10. The largest absolute Gasteiger partial charge is 0.463 e. The molecule has 0 aliphatic carbocycles. The molecule has 5 N–H and O–H groups in total. The van der Waals surface area contributed by atoms with Crippen LogP contribution in [0.25, 0.3) is 0 Å². The number of aliphatic hydroxyl groups excluding tert-OH is 5. The van der Waals surface area contributed by atoms with E-state index >= 15 is 0 Å². The number of rotatable bonds is 8. The van der Waals surface area contributed by atoms with Crippen LogP contribution in [-0.2, 0) is 42.8 Å². The van der Waals surface area contributed by atoms with E-state index in [1.807, 2.05) is 0 Å². The Bertz CT molecular complexity index is 685. The Hall–Kier alpha value is -1.91. The molecule has 14 heteroatoms. The number of ether oxygens (including phenoxy) is 6. The van der Waals surface area contributed by atoms with Crippen molar-refractivity contribution in [3.63, 3.8) is 0 Å². The number of hydrogen-bond donors (Lipinski definition) is 5. The van der Waals surface area contributed by atoms with Gasteiger partial charge in [-0.2, -0.15) is 0 Å². The minimum absolute atomic E-state index is 0.408. The summed E-state index contributed by atoms with van der Waals surface area (Å²) < 4.78 is 31.1. The SMILES string of the molecule is CC(=O)OCC1O[C@@H](O[C@@H]2C(COC(C)=O)O[C@@H](COC(C)=O)C(O)C2O)C(O)C(O)[C@@H]1O. The molecule has 0 aromatic heterocycles. The molecule has 0 saturated carbocycles. The molecule has 0 amide bonds. The Kier molecular flexibility index (Phi) is 9.93. The van der Waals surface area contributed by atoms with Gasteiger partial charge >= 0.3 is 17.9 Å². The Morgan fingerprint density at radius 2 is 1.03 bits per heavy atom. The maximum absolute atomic E-state index is 11.3. The minimum Gasteiger partial charge on any atom is -0.463 e. The second-order valence-corrected chi connectivity index (χ2v) is 7.72. The lowest BCUT2D eigenvalue weighted by Crippen LogP contribution is -2.65. The number of carbonyl (C=O) groups excluding carboxylic acids is 3. The molecule has 2 heterocycles. The first-order valence-electron chi connectivity index (χ1n) is 10.2. The van der Waals surface area contributed by atoms with Gasteiger partial charge in [0.1, 0.15) is 74.8 Å². The molecule has 10 atom stereocenters. The van der Waals surface area contributed by atoms with Gasteiger partial charge in [-0.05, 0) is 0 Å². The van der Waals surface area contributed by atoms with Crippen LogP contribution >= 0.6 is 0 Å². The molecule has 0 aromatic rings. The van der Waals surface area contributed by atoms with Crippen molar-refractivity contribution < 1.29 is 68.3 Å².